The molecule has 0 aliphatic heterocycles. The van der Waals surface area contributed by atoms with Gasteiger partial charge >= 0.3 is 5.97 Å². The van der Waals surface area contributed by atoms with E-state index in [2.05, 4.69) is 5.32 Å². The first-order chi connectivity index (χ1) is 9.08. The number of carbonyl (C=O) groups is 2. The van der Waals surface area contributed by atoms with Crippen molar-refractivity contribution in [3.8, 4) is 0 Å². The van der Waals surface area contributed by atoms with Gasteiger partial charge in [-0.2, -0.15) is 0 Å². The third-order valence-electron chi connectivity index (χ3n) is 5.42. The van der Waals surface area contributed by atoms with Crippen LogP contribution in [0.5, 0.6) is 0 Å². The Labute approximate surface area is 112 Å². The molecule has 0 heterocycles. The number of nitrogens with two attached hydrogens (primary N) is 1. The molecule has 0 aromatic heterocycles. The minimum Gasteiger partial charge on any atom is -0.481 e. The van der Waals surface area contributed by atoms with Crippen LogP contribution in [0.3, 0.4) is 0 Å². The van der Waals surface area contributed by atoms with Gasteiger partial charge in [-0.3, -0.25) is 9.59 Å². The van der Waals surface area contributed by atoms with E-state index in [0.717, 1.165) is 38.5 Å². The predicted octanol–water partition coefficient (Wildman–Crippen LogP) is 0.729. The Morgan fingerprint density at radius 2 is 1.84 bits per heavy atom. The molecule has 0 aromatic carbocycles. The number of rotatable bonds is 3. The Morgan fingerprint density at radius 3 is 2.47 bits per heavy atom. The van der Waals surface area contributed by atoms with Crippen LogP contribution in [0.4, 0.5) is 0 Å². The molecule has 2 bridgehead atoms. The average molecular weight is 266 g/mol. The Bertz CT molecular complexity index is 398. The van der Waals surface area contributed by atoms with Crippen molar-refractivity contribution in [2.24, 2.45) is 29.4 Å². The third kappa shape index (κ3) is 2.14. The summed E-state index contributed by atoms with van der Waals surface area (Å²) in [5.74, 6) is -0.673. The van der Waals surface area contributed by atoms with Crippen LogP contribution in [0.1, 0.15) is 38.5 Å². The lowest BCUT2D eigenvalue weighted by Crippen LogP contribution is -2.50. The van der Waals surface area contributed by atoms with Crippen LogP contribution in [-0.2, 0) is 9.59 Å². The fourth-order valence-electron chi connectivity index (χ4n) is 4.44. The van der Waals surface area contributed by atoms with Crippen LogP contribution in [0, 0.1) is 23.7 Å². The van der Waals surface area contributed by atoms with Crippen molar-refractivity contribution in [3.63, 3.8) is 0 Å². The molecule has 0 spiro atoms. The molecule has 0 aromatic rings. The molecule has 3 rings (SSSR count). The summed E-state index contributed by atoms with van der Waals surface area (Å²) in [5.41, 5.74) is 5.95. The van der Waals surface area contributed by atoms with Gasteiger partial charge in [-0.25, -0.2) is 0 Å². The Balaban J connectivity index is 1.68. The van der Waals surface area contributed by atoms with Gasteiger partial charge in [0.2, 0.25) is 5.91 Å². The van der Waals surface area contributed by atoms with Crippen molar-refractivity contribution in [1.82, 2.24) is 5.32 Å². The van der Waals surface area contributed by atoms with E-state index in [4.69, 9.17) is 5.73 Å². The van der Waals surface area contributed by atoms with E-state index in [0.29, 0.717) is 5.92 Å². The monoisotopic (exact) mass is 266 g/mol. The first-order valence-corrected chi connectivity index (χ1v) is 7.36. The number of carboxylic acid groups (broad SMARTS) is 1. The number of fused-ring (bicyclic) bond motifs is 2. The van der Waals surface area contributed by atoms with E-state index in [9.17, 15) is 14.7 Å². The van der Waals surface area contributed by atoms with E-state index in [1.165, 1.54) is 0 Å². The number of amides is 1. The number of carboxylic acids is 1. The molecule has 106 valence electrons. The van der Waals surface area contributed by atoms with Crippen molar-refractivity contribution in [2.45, 2.75) is 50.6 Å². The van der Waals surface area contributed by atoms with E-state index < -0.39 is 5.97 Å². The van der Waals surface area contributed by atoms with Crippen molar-refractivity contribution in [2.75, 3.05) is 0 Å². The molecular weight excluding hydrogens is 244 g/mol. The molecule has 5 nitrogen and oxygen atoms in total. The van der Waals surface area contributed by atoms with Gasteiger partial charge in [0.25, 0.3) is 0 Å². The zero-order chi connectivity index (χ0) is 13.6. The fourth-order valence-corrected chi connectivity index (χ4v) is 4.44. The smallest absolute Gasteiger partial charge is 0.308 e. The van der Waals surface area contributed by atoms with Crippen molar-refractivity contribution in [1.29, 1.82) is 0 Å². The predicted molar refractivity (Wildman–Crippen MR) is 69.2 cm³/mol. The van der Waals surface area contributed by atoms with Crippen LogP contribution in [0.25, 0.3) is 0 Å². The highest BCUT2D eigenvalue weighted by Crippen LogP contribution is 2.48. The molecule has 3 aliphatic rings. The second kappa shape index (κ2) is 4.78. The summed E-state index contributed by atoms with van der Waals surface area (Å²) in [6.07, 6.45) is 5.74. The van der Waals surface area contributed by atoms with Crippen LogP contribution in [0.15, 0.2) is 0 Å². The molecule has 5 heteroatoms. The highest BCUT2D eigenvalue weighted by Gasteiger charge is 2.52. The van der Waals surface area contributed by atoms with Gasteiger partial charge in [-0.15, -0.1) is 0 Å². The standard InChI is InChI=1S/C14H22N2O3/c15-10-3-1-2-9(10)13(17)16-12-8-5-4-7(6-8)11(12)14(18)19/h7-12H,1-6,15H2,(H,16,17)(H,18,19). The molecule has 6 atom stereocenters. The zero-order valence-electron chi connectivity index (χ0n) is 11.0. The molecule has 0 radical (unpaired) electrons. The summed E-state index contributed by atoms with van der Waals surface area (Å²) < 4.78 is 0. The molecule has 4 N–H and O–H groups in total. The van der Waals surface area contributed by atoms with Gasteiger partial charge in [0.1, 0.15) is 0 Å². The summed E-state index contributed by atoms with van der Waals surface area (Å²) in [4.78, 5) is 23.7. The molecule has 19 heavy (non-hydrogen) atoms. The van der Waals surface area contributed by atoms with Crippen LogP contribution in [-0.4, -0.2) is 29.1 Å². The second-order valence-corrected chi connectivity index (χ2v) is 6.43. The Kier molecular flexibility index (Phi) is 3.25. The van der Waals surface area contributed by atoms with E-state index in [1.807, 2.05) is 0 Å². The number of aliphatic carboxylic acids is 1. The minimum atomic E-state index is -0.756. The van der Waals surface area contributed by atoms with E-state index >= 15 is 0 Å². The lowest BCUT2D eigenvalue weighted by atomic mass is 9.84. The first kappa shape index (κ1) is 12.9. The zero-order valence-corrected chi connectivity index (χ0v) is 11.0. The first-order valence-electron chi connectivity index (χ1n) is 7.36. The number of carbonyl (C=O) groups excluding carboxylic acids is 1. The Morgan fingerprint density at radius 1 is 1.11 bits per heavy atom. The normalized spacial score (nSPS) is 44.5. The van der Waals surface area contributed by atoms with Gasteiger partial charge in [-0.1, -0.05) is 6.42 Å². The summed E-state index contributed by atoms with van der Waals surface area (Å²) in [5, 5.41) is 12.4. The minimum absolute atomic E-state index is 0.0196. The summed E-state index contributed by atoms with van der Waals surface area (Å²) in [6.45, 7) is 0. The lowest BCUT2D eigenvalue weighted by Gasteiger charge is -2.30. The van der Waals surface area contributed by atoms with Gasteiger partial charge in [0.15, 0.2) is 0 Å². The molecule has 0 saturated heterocycles. The molecule has 1 amide bonds. The molecule has 3 fully saturated rings. The highest BCUT2D eigenvalue weighted by atomic mass is 16.4. The maximum Gasteiger partial charge on any atom is 0.308 e. The number of hydrogen-bond acceptors (Lipinski definition) is 3. The van der Waals surface area contributed by atoms with Gasteiger partial charge < -0.3 is 16.2 Å². The molecule has 6 unspecified atom stereocenters. The third-order valence-corrected chi connectivity index (χ3v) is 5.42. The molecular formula is C14H22N2O3. The Hall–Kier alpha value is -1.10. The molecule has 3 aliphatic carbocycles. The van der Waals surface area contributed by atoms with Crippen molar-refractivity contribution < 1.29 is 14.7 Å². The van der Waals surface area contributed by atoms with Gasteiger partial charge in [-0.05, 0) is 43.9 Å². The average Bonchev–Trinajstić information content (AvgIpc) is 3.03. The quantitative estimate of drug-likeness (QED) is 0.702. The van der Waals surface area contributed by atoms with Crippen molar-refractivity contribution in [3.05, 3.63) is 0 Å². The number of hydrogen-bond donors (Lipinski definition) is 3. The van der Waals surface area contributed by atoms with Crippen molar-refractivity contribution >= 4 is 11.9 Å². The molecule has 3 saturated carbocycles. The topological polar surface area (TPSA) is 92.4 Å². The summed E-state index contributed by atoms with van der Waals surface area (Å²) in [7, 11) is 0. The summed E-state index contributed by atoms with van der Waals surface area (Å²) >= 11 is 0. The second-order valence-electron chi connectivity index (χ2n) is 6.43. The summed E-state index contributed by atoms with van der Waals surface area (Å²) in [6, 6.07) is -0.224. The van der Waals surface area contributed by atoms with E-state index in [1.54, 1.807) is 0 Å². The van der Waals surface area contributed by atoms with Crippen LogP contribution < -0.4 is 11.1 Å². The highest BCUT2D eigenvalue weighted by molar-refractivity contribution is 5.81. The fraction of sp³-hybridized carbons (Fsp3) is 0.857. The van der Waals surface area contributed by atoms with Crippen LogP contribution in [0.2, 0.25) is 0 Å². The number of nitrogens with one attached hydrogen (secondary N) is 1. The lowest BCUT2D eigenvalue weighted by molar-refractivity contribution is -0.145. The largest absolute Gasteiger partial charge is 0.481 e. The van der Waals surface area contributed by atoms with Gasteiger partial charge in [0, 0.05) is 12.1 Å². The maximum absolute atomic E-state index is 12.3. The SMILES string of the molecule is NC1CCCC1C(=O)NC1C2CCC(C2)C1C(=O)O. The maximum atomic E-state index is 12.3. The van der Waals surface area contributed by atoms with E-state index in [-0.39, 0.29) is 35.7 Å². The van der Waals surface area contributed by atoms with Crippen LogP contribution >= 0.6 is 0 Å². The van der Waals surface area contributed by atoms with Gasteiger partial charge in [0.05, 0.1) is 11.8 Å².